The normalized spacial score (nSPS) is 20.7. The average molecular weight is 327 g/mol. The van der Waals surface area contributed by atoms with E-state index in [9.17, 15) is 17.6 Å². The largest absolute Gasteiger partial charge is 0.339 e. The van der Waals surface area contributed by atoms with Crippen LogP contribution in [-0.2, 0) is 14.6 Å². The molecule has 1 aromatic rings. The van der Waals surface area contributed by atoms with Gasteiger partial charge in [-0.3, -0.25) is 4.79 Å². The second kappa shape index (κ2) is 6.77. The van der Waals surface area contributed by atoms with Crippen LogP contribution in [0.3, 0.4) is 0 Å². The van der Waals surface area contributed by atoms with Gasteiger partial charge in [0.15, 0.2) is 9.84 Å². The second-order valence-corrected chi connectivity index (χ2v) is 8.26. The summed E-state index contributed by atoms with van der Waals surface area (Å²) in [6, 6.07) is 5.60. The minimum atomic E-state index is -3.66. The van der Waals surface area contributed by atoms with E-state index in [1.165, 1.54) is 25.1 Å². The third kappa shape index (κ3) is 3.85. The summed E-state index contributed by atoms with van der Waals surface area (Å²) in [5.74, 6) is -1.35. The molecule has 1 saturated heterocycles. The van der Waals surface area contributed by atoms with E-state index < -0.39 is 26.7 Å². The fraction of sp³-hybridized carbons (Fsp3) is 0.562. The third-order valence-corrected chi connectivity index (χ3v) is 6.30. The number of piperidine rings is 1. The number of rotatable bonds is 4. The summed E-state index contributed by atoms with van der Waals surface area (Å²) in [5.41, 5.74) is 0.375. The van der Waals surface area contributed by atoms with E-state index in [0.29, 0.717) is 12.1 Å². The van der Waals surface area contributed by atoms with E-state index in [0.717, 1.165) is 19.3 Å². The van der Waals surface area contributed by atoms with Crippen LogP contribution >= 0.6 is 0 Å². The monoisotopic (exact) mass is 327 g/mol. The number of sulfone groups is 1. The minimum Gasteiger partial charge on any atom is -0.339 e. The summed E-state index contributed by atoms with van der Waals surface area (Å²) in [7, 11) is -3.66. The molecule has 0 N–H and O–H groups in total. The molecule has 1 amide bonds. The first-order valence-corrected chi connectivity index (χ1v) is 9.29. The molecule has 1 fully saturated rings. The van der Waals surface area contributed by atoms with E-state index in [2.05, 4.69) is 0 Å². The van der Waals surface area contributed by atoms with E-state index in [1.807, 2.05) is 6.92 Å². The van der Waals surface area contributed by atoms with Crippen molar-refractivity contribution < 1.29 is 17.6 Å². The molecule has 0 aromatic heterocycles. The smallest absolute Gasteiger partial charge is 0.238 e. The van der Waals surface area contributed by atoms with Crippen molar-refractivity contribution in [1.82, 2.24) is 4.90 Å². The molecule has 0 radical (unpaired) electrons. The Morgan fingerprint density at radius 2 is 2.14 bits per heavy atom. The van der Waals surface area contributed by atoms with Gasteiger partial charge in [-0.15, -0.1) is 0 Å². The molecule has 22 heavy (non-hydrogen) atoms. The number of likely N-dealkylation sites (tertiary alicyclic amines) is 1. The molecule has 2 rings (SSSR count). The quantitative estimate of drug-likeness (QED) is 0.854. The predicted molar refractivity (Wildman–Crippen MR) is 83.6 cm³/mol. The summed E-state index contributed by atoms with van der Waals surface area (Å²) >= 11 is 0. The Hall–Kier alpha value is -1.43. The molecule has 4 nitrogen and oxygen atoms in total. The maximum absolute atomic E-state index is 13.3. The van der Waals surface area contributed by atoms with Crippen LogP contribution in [0.5, 0.6) is 0 Å². The molecule has 2 atom stereocenters. The SMILES string of the molecule is CC1CCCCN1C(=O)CS(=O)(=O)C(C)c1cccc(F)c1. The summed E-state index contributed by atoms with van der Waals surface area (Å²) in [5, 5.41) is -0.896. The van der Waals surface area contributed by atoms with Gasteiger partial charge in [0.05, 0.1) is 5.25 Å². The Balaban J connectivity index is 2.11. The molecule has 0 bridgehead atoms. The Morgan fingerprint density at radius 1 is 1.41 bits per heavy atom. The summed E-state index contributed by atoms with van der Waals surface area (Å²) in [6.07, 6.45) is 2.89. The van der Waals surface area contributed by atoms with Crippen molar-refractivity contribution in [3.63, 3.8) is 0 Å². The zero-order valence-corrected chi connectivity index (χ0v) is 13.8. The molecule has 0 aliphatic carbocycles. The van der Waals surface area contributed by atoms with Gasteiger partial charge < -0.3 is 4.90 Å². The second-order valence-electron chi connectivity index (χ2n) is 5.94. The lowest BCUT2D eigenvalue weighted by Gasteiger charge is -2.33. The van der Waals surface area contributed by atoms with Gasteiger partial charge in [0, 0.05) is 12.6 Å². The van der Waals surface area contributed by atoms with E-state index in [-0.39, 0.29) is 11.9 Å². The van der Waals surface area contributed by atoms with Crippen LogP contribution in [0.1, 0.15) is 43.9 Å². The van der Waals surface area contributed by atoms with Gasteiger partial charge in [0.25, 0.3) is 0 Å². The van der Waals surface area contributed by atoms with Crippen molar-refractivity contribution in [2.45, 2.75) is 44.4 Å². The predicted octanol–water partition coefficient (Wildman–Crippen LogP) is 2.70. The van der Waals surface area contributed by atoms with Crippen LogP contribution in [0, 0.1) is 5.82 Å². The van der Waals surface area contributed by atoms with Crippen molar-refractivity contribution in [3.05, 3.63) is 35.6 Å². The molecule has 2 unspecified atom stereocenters. The molecule has 6 heteroatoms. The van der Waals surface area contributed by atoms with Gasteiger partial charge in [0.2, 0.25) is 5.91 Å². The van der Waals surface area contributed by atoms with Gasteiger partial charge in [0.1, 0.15) is 11.6 Å². The van der Waals surface area contributed by atoms with Crippen LogP contribution < -0.4 is 0 Å². The minimum absolute atomic E-state index is 0.0842. The highest BCUT2D eigenvalue weighted by atomic mass is 32.2. The maximum Gasteiger partial charge on any atom is 0.238 e. The molecular weight excluding hydrogens is 305 g/mol. The maximum atomic E-state index is 13.3. The zero-order chi connectivity index (χ0) is 16.3. The molecular formula is C16H22FNO3S. The van der Waals surface area contributed by atoms with Gasteiger partial charge in [-0.25, -0.2) is 12.8 Å². The Kier molecular flexibility index (Phi) is 5.21. The van der Waals surface area contributed by atoms with Crippen molar-refractivity contribution >= 4 is 15.7 Å². The van der Waals surface area contributed by atoms with Crippen LogP contribution in [0.4, 0.5) is 4.39 Å². The van der Waals surface area contributed by atoms with Crippen LogP contribution in [-0.4, -0.2) is 37.6 Å². The number of carbonyl (C=O) groups is 1. The molecule has 1 aliphatic heterocycles. The summed E-state index contributed by atoms with van der Waals surface area (Å²) < 4.78 is 38.1. The van der Waals surface area contributed by atoms with Crippen LogP contribution in [0.2, 0.25) is 0 Å². The van der Waals surface area contributed by atoms with Gasteiger partial charge in [-0.1, -0.05) is 12.1 Å². The lowest BCUT2D eigenvalue weighted by Crippen LogP contribution is -2.45. The van der Waals surface area contributed by atoms with Crippen molar-refractivity contribution in [2.24, 2.45) is 0 Å². The Morgan fingerprint density at radius 3 is 2.77 bits per heavy atom. The number of hydrogen-bond donors (Lipinski definition) is 0. The molecule has 0 saturated carbocycles. The Labute approximate surface area is 131 Å². The molecule has 1 aliphatic rings. The standard InChI is InChI=1S/C16H22FNO3S/c1-12-6-3-4-9-18(12)16(19)11-22(20,21)13(2)14-7-5-8-15(17)10-14/h5,7-8,10,12-13H,3-4,6,9,11H2,1-2H3. The highest BCUT2D eigenvalue weighted by molar-refractivity contribution is 7.92. The van der Waals surface area contributed by atoms with Crippen molar-refractivity contribution in [1.29, 1.82) is 0 Å². The topological polar surface area (TPSA) is 54.5 Å². The molecule has 1 heterocycles. The number of amides is 1. The molecule has 1 aromatic carbocycles. The summed E-state index contributed by atoms with van der Waals surface area (Å²) in [6.45, 7) is 4.06. The lowest BCUT2D eigenvalue weighted by molar-refractivity contribution is -0.131. The van der Waals surface area contributed by atoms with Gasteiger partial charge in [-0.2, -0.15) is 0 Å². The van der Waals surface area contributed by atoms with E-state index in [1.54, 1.807) is 11.0 Å². The number of carbonyl (C=O) groups excluding carboxylic acids is 1. The lowest BCUT2D eigenvalue weighted by atomic mass is 10.0. The Bertz CT molecular complexity index is 645. The van der Waals surface area contributed by atoms with Gasteiger partial charge in [-0.05, 0) is 50.8 Å². The van der Waals surface area contributed by atoms with Gasteiger partial charge >= 0.3 is 0 Å². The average Bonchev–Trinajstić information content (AvgIpc) is 2.46. The van der Waals surface area contributed by atoms with Crippen LogP contribution in [0.25, 0.3) is 0 Å². The van der Waals surface area contributed by atoms with Crippen molar-refractivity contribution in [2.75, 3.05) is 12.3 Å². The first-order valence-electron chi connectivity index (χ1n) is 7.58. The number of nitrogens with zero attached hydrogens (tertiary/aromatic N) is 1. The fourth-order valence-corrected chi connectivity index (χ4v) is 4.14. The molecule has 122 valence electrons. The van der Waals surface area contributed by atoms with E-state index in [4.69, 9.17) is 0 Å². The molecule has 0 spiro atoms. The van der Waals surface area contributed by atoms with E-state index >= 15 is 0 Å². The fourth-order valence-electron chi connectivity index (χ4n) is 2.82. The highest BCUT2D eigenvalue weighted by Gasteiger charge is 2.31. The first kappa shape index (κ1) is 16.9. The summed E-state index contributed by atoms with van der Waals surface area (Å²) in [4.78, 5) is 14.0. The van der Waals surface area contributed by atoms with Crippen LogP contribution in [0.15, 0.2) is 24.3 Å². The zero-order valence-electron chi connectivity index (χ0n) is 13.0. The highest BCUT2D eigenvalue weighted by Crippen LogP contribution is 2.24. The third-order valence-electron chi connectivity index (χ3n) is 4.30. The number of benzene rings is 1. The number of hydrogen-bond acceptors (Lipinski definition) is 3. The number of halogens is 1. The first-order chi connectivity index (χ1) is 10.3. The van der Waals surface area contributed by atoms with Crippen molar-refractivity contribution in [3.8, 4) is 0 Å².